The lowest BCUT2D eigenvalue weighted by Crippen LogP contribution is -2.39. The number of carbonyl (C=O) groups is 1. The third-order valence-electron chi connectivity index (χ3n) is 4.15. The number of benzene rings is 1. The first-order chi connectivity index (χ1) is 9.69. The van der Waals surface area contributed by atoms with E-state index >= 15 is 0 Å². The monoisotopic (exact) mass is 275 g/mol. The van der Waals surface area contributed by atoms with Crippen LogP contribution in [0.1, 0.15) is 32.3 Å². The fourth-order valence-corrected chi connectivity index (χ4v) is 3.00. The minimum Gasteiger partial charge on any atom is -0.466 e. The number of hydrogen-bond acceptors (Lipinski definition) is 3. The summed E-state index contributed by atoms with van der Waals surface area (Å²) in [5, 5.41) is 0. The van der Waals surface area contributed by atoms with Gasteiger partial charge in [-0.1, -0.05) is 37.3 Å². The molecule has 2 unspecified atom stereocenters. The molecule has 0 amide bonds. The number of rotatable bonds is 5. The SMILES string of the molecule is CCOC(=O)CC1CCN(Cc2ccccc2)CC1C. The molecule has 0 N–H and O–H groups in total. The van der Waals surface area contributed by atoms with E-state index in [4.69, 9.17) is 4.74 Å². The molecular weight excluding hydrogens is 250 g/mol. The maximum absolute atomic E-state index is 11.6. The largest absolute Gasteiger partial charge is 0.466 e. The average Bonchev–Trinajstić information content (AvgIpc) is 2.43. The molecule has 3 heteroatoms. The van der Waals surface area contributed by atoms with E-state index in [0.29, 0.717) is 24.9 Å². The average molecular weight is 275 g/mol. The zero-order valence-electron chi connectivity index (χ0n) is 12.5. The van der Waals surface area contributed by atoms with E-state index in [1.165, 1.54) is 5.56 Å². The summed E-state index contributed by atoms with van der Waals surface area (Å²) in [6.45, 7) is 7.75. The number of carbonyl (C=O) groups excluding carboxylic acids is 1. The molecule has 0 spiro atoms. The van der Waals surface area contributed by atoms with Gasteiger partial charge in [0.25, 0.3) is 0 Å². The maximum atomic E-state index is 11.6. The summed E-state index contributed by atoms with van der Waals surface area (Å²) in [4.78, 5) is 14.1. The molecule has 0 bridgehead atoms. The van der Waals surface area contributed by atoms with Crippen molar-refractivity contribution in [1.29, 1.82) is 0 Å². The first-order valence-corrected chi connectivity index (χ1v) is 7.61. The third kappa shape index (κ3) is 4.34. The lowest BCUT2D eigenvalue weighted by molar-refractivity contribution is -0.145. The van der Waals surface area contributed by atoms with E-state index in [-0.39, 0.29) is 5.97 Å². The predicted octanol–water partition coefficient (Wildman–Crippen LogP) is 3.10. The highest BCUT2D eigenvalue weighted by molar-refractivity contribution is 5.69. The number of nitrogens with zero attached hydrogens (tertiary/aromatic N) is 1. The second kappa shape index (κ2) is 7.44. The fraction of sp³-hybridized carbons (Fsp3) is 0.588. The number of ether oxygens (including phenoxy) is 1. The van der Waals surface area contributed by atoms with E-state index < -0.39 is 0 Å². The second-order valence-corrected chi connectivity index (χ2v) is 5.76. The second-order valence-electron chi connectivity index (χ2n) is 5.76. The van der Waals surface area contributed by atoms with Gasteiger partial charge in [-0.3, -0.25) is 9.69 Å². The van der Waals surface area contributed by atoms with Gasteiger partial charge >= 0.3 is 5.97 Å². The Morgan fingerprint density at radius 3 is 2.75 bits per heavy atom. The topological polar surface area (TPSA) is 29.5 Å². The van der Waals surface area contributed by atoms with Crippen molar-refractivity contribution >= 4 is 5.97 Å². The molecule has 3 nitrogen and oxygen atoms in total. The summed E-state index contributed by atoms with van der Waals surface area (Å²) >= 11 is 0. The summed E-state index contributed by atoms with van der Waals surface area (Å²) in [7, 11) is 0. The minimum atomic E-state index is -0.0409. The number of likely N-dealkylation sites (tertiary alicyclic amines) is 1. The molecule has 20 heavy (non-hydrogen) atoms. The molecule has 0 saturated carbocycles. The van der Waals surface area contributed by atoms with Crippen molar-refractivity contribution in [2.45, 2.75) is 33.2 Å². The smallest absolute Gasteiger partial charge is 0.306 e. The van der Waals surface area contributed by atoms with Gasteiger partial charge in [0.15, 0.2) is 0 Å². The molecular formula is C17H25NO2. The summed E-state index contributed by atoms with van der Waals surface area (Å²) in [5.74, 6) is 0.985. The van der Waals surface area contributed by atoms with Gasteiger partial charge in [0.05, 0.1) is 6.61 Å². The van der Waals surface area contributed by atoms with Crippen molar-refractivity contribution in [1.82, 2.24) is 4.90 Å². The fourth-order valence-electron chi connectivity index (χ4n) is 3.00. The Morgan fingerprint density at radius 2 is 2.10 bits per heavy atom. The summed E-state index contributed by atoms with van der Waals surface area (Å²) in [5.41, 5.74) is 1.36. The van der Waals surface area contributed by atoms with Gasteiger partial charge in [-0.05, 0) is 37.3 Å². The first-order valence-electron chi connectivity index (χ1n) is 7.61. The maximum Gasteiger partial charge on any atom is 0.306 e. The number of esters is 1. The van der Waals surface area contributed by atoms with Crippen LogP contribution in [0.3, 0.4) is 0 Å². The predicted molar refractivity (Wildman–Crippen MR) is 80.2 cm³/mol. The van der Waals surface area contributed by atoms with Crippen LogP contribution in [0, 0.1) is 11.8 Å². The molecule has 0 aromatic heterocycles. The Kier molecular flexibility index (Phi) is 5.60. The van der Waals surface area contributed by atoms with Gasteiger partial charge in [0.2, 0.25) is 0 Å². The molecule has 1 aromatic carbocycles. The van der Waals surface area contributed by atoms with E-state index in [1.807, 2.05) is 6.92 Å². The highest BCUT2D eigenvalue weighted by Crippen LogP contribution is 2.27. The van der Waals surface area contributed by atoms with Gasteiger partial charge in [-0.25, -0.2) is 0 Å². The zero-order chi connectivity index (χ0) is 14.4. The zero-order valence-corrected chi connectivity index (χ0v) is 12.5. The summed E-state index contributed by atoms with van der Waals surface area (Å²) in [6, 6.07) is 10.6. The normalized spacial score (nSPS) is 23.5. The molecule has 1 fully saturated rings. The Hall–Kier alpha value is -1.35. The molecule has 110 valence electrons. The quantitative estimate of drug-likeness (QED) is 0.773. The van der Waals surface area contributed by atoms with Crippen LogP contribution < -0.4 is 0 Å². The van der Waals surface area contributed by atoms with Crippen molar-refractivity contribution in [3.63, 3.8) is 0 Å². The standard InChI is InChI=1S/C17H25NO2/c1-3-20-17(19)11-16-9-10-18(12-14(16)2)13-15-7-5-4-6-8-15/h4-8,14,16H,3,9-13H2,1-2H3. The highest BCUT2D eigenvalue weighted by Gasteiger charge is 2.28. The van der Waals surface area contributed by atoms with Gasteiger partial charge in [-0.2, -0.15) is 0 Å². The van der Waals surface area contributed by atoms with Crippen LogP contribution >= 0.6 is 0 Å². The first kappa shape index (κ1) is 15.0. The van der Waals surface area contributed by atoms with Crippen LogP contribution in [0.25, 0.3) is 0 Å². The van der Waals surface area contributed by atoms with Gasteiger partial charge < -0.3 is 4.74 Å². The Balaban J connectivity index is 1.81. The highest BCUT2D eigenvalue weighted by atomic mass is 16.5. The van der Waals surface area contributed by atoms with Crippen LogP contribution in [0.15, 0.2) is 30.3 Å². The molecule has 1 aliphatic heterocycles. The van der Waals surface area contributed by atoms with Crippen LogP contribution in [-0.2, 0) is 16.1 Å². The van der Waals surface area contributed by atoms with E-state index in [1.54, 1.807) is 0 Å². The van der Waals surface area contributed by atoms with Crippen molar-refractivity contribution in [2.24, 2.45) is 11.8 Å². The Labute approximate surface area is 121 Å². The molecule has 2 rings (SSSR count). The molecule has 0 aliphatic carbocycles. The van der Waals surface area contributed by atoms with Crippen molar-refractivity contribution in [3.05, 3.63) is 35.9 Å². The molecule has 2 atom stereocenters. The molecule has 0 radical (unpaired) electrons. The number of hydrogen-bond donors (Lipinski definition) is 0. The summed E-state index contributed by atoms with van der Waals surface area (Å²) < 4.78 is 5.06. The van der Waals surface area contributed by atoms with E-state index in [9.17, 15) is 4.79 Å². The molecule has 1 aromatic rings. The van der Waals surface area contributed by atoms with Crippen LogP contribution in [0.5, 0.6) is 0 Å². The molecule has 1 saturated heterocycles. The number of piperidine rings is 1. The van der Waals surface area contributed by atoms with Gasteiger partial charge in [-0.15, -0.1) is 0 Å². The Morgan fingerprint density at radius 1 is 1.35 bits per heavy atom. The van der Waals surface area contributed by atoms with E-state index in [0.717, 1.165) is 26.1 Å². The molecule has 1 heterocycles. The van der Waals surface area contributed by atoms with Crippen molar-refractivity contribution in [3.8, 4) is 0 Å². The van der Waals surface area contributed by atoms with Gasteiger partial charge in [0.1, 0.15) is 0 Å². The Bertz CT molecular complexity index is 418. The van der Waals surface area contributed by atoms with Crippen LogP contribution in [0.2, 0.25) is 0 Å². The summed E-state index contributed by atoms with van der Waals surface area (Å²) in [6.07, 6.45) is 1.67. The van der Waals surface area contributed by atoms with E-state index in [2.05, 4.69) is 42.2 Å². The minimum absolute atomic E-state index is 0.0409. The van der Waals surface area contributed by atoms with Crippen LogP contribution in [0.4, 0.5) is 0 Å². The van der Waals surface area contributed by atoms with Crippen molar-refractivity contribution in [2.75, 3.05) is 19.7 Å². The third-order valence-corrected chi connectivity index (χ3v) is 4.15. The lowest BCUT2D eigenvalue weighted by Gasteiger charge is -2.36. The molecule has 1 aliphatic rings. The van der Waals surface area contributed by atoms with Gasteiger partial charge in [0, 0.05) is 19.5 Å². The van der Waals surface area contributed by atoms with Crippen LogP contribution in [-0.4, -0.2) is 30.6 Å². The van der Waals surface area contributed by atoms with Crippen molar-refractivity contribution < 1.29 is 9.53 Å². The lowest BCUT2D eigenvalue weighted by atomic mass is 9.84.